The van der Waals surface area contributed by atoms with Crippen LogP contribution >= 0.6 is 0 Å². The molecule has 5 aliphatic rings. The minimum Gasteiger partial charge on any atom is -0.459 e. The number of carbonyl (C=O) groups excluding carboxylic acids is 2. The van der Waals surface area contributed by atoms with Crippen molar-refractivity contribution in [2.75, 3.05) is 0 Å². The number of epoxide rings is 1. The Kier molecular flexibility index (Phi) is 4.50. The van der Waals surface area contributed by atoms with Crippen LogP contribution in [0.5, 0.6) is 0 Å². The Morgan fingerprint density at radius 2 is 1.85 bits per heavy atom. The van der Waals surface area contributed by atoms with E-state index in [-0.39, 0.29) is 29.1 Å². The van der Waals surface area contributed by atoms with Gasteiger partial charge in [-0.15, -0.1) is 0 Å². The van der Waals surface area contributed by atoms with E-state index in [9.17, 15) is 30.0 Å². The molecule has 182 valence electrons. The topological polar surface area (TPSA) is 146 Å². The van der Waals surface area contributed by atoms with Crippen molar-refractivity contribution in [2.24, 2.45) is 23.7 Å². The predicted molar refractivity (Wildman–Crippen MR) is 112 cm³/mol. The largest absolute Gasteiger partial charge is 0.459 e. The molecule has 2 heterocycles. The molecule has 0 aromatic carbocycles. The van der Waals surface area contributed by atoms with Crippen LogP contribution in [0.1, 0.15) is 47.5 Å². The van der Waals surface area contributed by atoms with E-state index in [1.54, 1.807) is 13.8 Å². The molecular formula is C24H32O9. The number of fused-ring (bicyclic) bond motifs is 3. The van der Waals surface area contributed by atoms with Crippen molar-refractivity contribution in [3.05, 3.63) is 23.3 Å². The molecule has 33 heavy (non-hydrogen) atoms. The number of esters is 2. The molecule has 0 unspecified atom stereocenters. The van der Waals surface area contributed by atoms with Gasteiger partial charge in [0.15, 0.2) is 0 Å². The number of aliphatic hydroxyl groups excluding tert-OH is 2. The van der Waals surface area contributed by atoms with Gasteiger partial charge in [0.25, 0.3) is 0 Å². The molecular weight excluding hydrogens is 432 g/mol. The Morgan fingerprint density at radius 1 is 1.21 bits per heavy atom. The Labute approximate surface area is 192 Å². The van der Waals surface area contributed by atoms with Gasteiger partial charge in [-0.1, -0.05) is 27.4 Å². The summed E-state index contributed by atoms with van der Waals surface area (Å²) in [6.45, 7) is 12.3. The first-order chi connectivity index (χ1) is 15.2. The number of rotatable bonds is 2. The lowest BCUT2D eigenvalue weighted by molar-refractivity contribution is -0.197. The number of aliphatic hydroxyl groups is 4. The van der Waals surface area contributed by atoms with Crippen molar-refractivity contribution in [3.63, 3.8) is 0 Å². The molecule has 2 aliphatic heterocycles. The first-order valence-electron chi connectivity index (χ1n) is 11.5. The van der Waals surface area contributed by atoms with E-state index in [0.717, 1.165) is 0 Å². The molecule has 0 spiro atoms. The normalized spacial score (nSPS) is 52.5. The molecule has 0 amide bonds. The highest BCUT2D eigenvalue weighted by atomic mass is 16.7. The molecule has 4 N–H and O–H groups in total. The summed E-state index contributed by atoms with van der Waals surface area (Å²) in [6.07, 6.45) is -3.53. The van der Waals surface area contributed by atoms with Gasteiger partial charge in [0.05, 0.1) is 17.6 Å². The van der Waals surface area contributed by atoms with E-state index in [1.165, 1.54) is 13.8 Å². The van der Waals surface area contributed by atoms with Crippen LogP contribution in [0, 0.1) is 23.7 Å². The smallest absolute Gasteiger partial charge is 0.336 e. The molecule has 0 aromatic rings. The maximum Gasteiger partial charge on any atom is 0.336 e. The number of ether oxygens (including phenoxy) is 3. The van der Waals surface area contributed by atoms with E-state index in [0.29, 0.717) is 6.42 Å². The minimum absolute atomic E-state index is 0.103. The molecule has 3 saturated carbocycles. The highest BCUT2D eigenvalue weighted by molar-refractivity contribution is 5.92. The summed E-state index contributed by atoms with van der Waals surface area (Å²) in [5.74, 6) is -5.88. The van der Waals surface area contributed by atoms with Gasteiger partial charge >= 0.3 is 11.9 Å². The van der Waals surface area contributed by atoms with Crippen molar-refractivity contribution in [1.29, 1.82) is 0 Å². The van der Waals surface area contributed by atoms with Crippen molar-refractivity contribution in [1.82, 2.24) is 0 Å². The maximum absolute atomic E-state index is 12.6. The fraction of sp³-hybridized carbons (Fsp3) is 0.750. The van der Waals surface area contributed by atoms with Crippen LogP contribution in [0.4, 0.5) is 0 Å². The van der Waals surface area contributed by atoms with Crippen LogP contribution in [-0.4, -0.2) is 73.3 Å². The zero-order valence-corrected chi connectivity index (χ0v) is 19.5. The Morgan fingerprint density at radius 3 is 2.45 bits per heavy atom. The quantitative estimate of drug-likeness (QED) is 0.258. The maximum atomic E-state index is 12.6. The predicted octanol–water partition coefficient (Wildman–Crippen LogP) is 0.342. The molecule has 10 atom stereocenters. The monoisotopic (exact) mass is 464 g/mol. The summed E-state index contributed by atoms with van der Waals surface area (Å²) in [6, 6.07) is 0. The van der Waals surface area contributed by atoms with Crippen LogP contribution in [0.3, 0.4) is 0 Å². The van der Waals surface area contributed by atoms with Crippen LogP contribution in [-0.2, 0) is 23.8 Å². The van der Waals surface area contributed by atoms with E-state index < -0.39 is 70.6 Å². The van der Waals surface area contributed by atoms with Gasteiger partial charge in [-0.2, -0.15) is 0 Å². The van der Waals surface area contributed by atoms with E-state index >= 15 is 0 Å². The Balaban J connectivity index is 1.74. The first kappa shape index (κ1) is 23.0. The van der Waals surface area contributed by atoms with Gasteiger partial charge in [-0.25, -0.2) is 4.79 Å². The van der Waals surface area contributed by atoms with Crippen LogP contribution in [0.2, 0.25) is 0 Å². The van der Waals surface area contributed by atoms with Gasteiger partial charge in [0, 0.05) is 29.4 Å². The second kappa shape index (κ2) is 6.46. The van der Waals surface area contributed by atoms with E-state index in [1.807, 2.05) is 6.92 Å². The van der Waals surface area contributed by atoms with Crippen molar-refractivity contribution in [2.45, 2.75) is 88.4 Å². The van der Waals surface area contributed by atoms with Crippen LogP contribution < -0.4 is 0 Å². The molecule has 0 aromatic heterocycles. The zero-order chi connectivity index (χ0) is 24.5. The second-order valence-electron chi connectivity index (χ2n) is 11.1. The van der Waals surface area contributed by atoms with Gasteiger partial charge < -0.3 is 34.6 Å². The van der Waals surface area contributed by atoms with Crippen LogP contribution in [0.15, 0.2) is 23.3 Å². The highest BCUT2D eigenvalue weighted by Crippen LogP contribution is 2.76. The summed E-state index contributed by atoms with van der Waals surface area (Å²) < 4.78 is 17.5. The van der Waals surface area contributed by atoms with Gasteiger partial charge in [0.2, 0.25) is 5.79 Å². The Bertz CT molecular complexity index is 998. The lowest BCUT2D eigenvalue weighted by Crippen LogP contribution is -2.66. The number of hydrogen-bond donors (Lipinski definition) is 4. The van der Waals surface area contributed by atoms with Crippen molar-refractivity contribution >= 4 is 11.9 Å². The third-order valence-electron chi connectivity index (χ3n) is 8.67. The average molecular weight is 465 g/mol. The Hall–Kier alpha value is -1.78. The molecule has 5 rings (SSSR count). The second-order valence-corrected chi connectivity index (χ2v) is 11.1. The molecule has 3 aliphatic carbocycles. The van der Waals surface area contributed by atoms with E-state index in [2.05, 4.69) is 6.58 Å². The van der Waals surface area contributed by atoms with Gasteiger partial charge in [-0.3, -0.25) is 4.79 Å². The minimum atomic E-state index is -2.16. The highest BCUT2D eigenvalue weighted by Gasteiger charge is 2.91. The third-order valence-corrected chi connectivity index (χ3v) is 8.67. The SMILES string of the molecule is C=C1[C@@H]2[C@@H](C3=C(C)C(=O)O[C@@]3(O)C[C@@H]1O)[C@@](C)(O)[C@H](O)[C@@]13C[C@@H](C)[C@@H](OC(=O)C(C)C)[C@@]21O3. The molecule has 9 heteroatoms. The van der Waals surface area contributed by atoms with Crippen molar-refractivity contribution in [3.8, 4) is 0 Å². The molecule has 0 radical (unpaired) electrons. The fourth-order valence-electron chi connectivity index (χ4n) is 7.23. The van der Waals surface area contributed by atoms with Crippen molar-refractivity contribution < 1.29 is 44.2 Å². The summed E-state index contributed by atoms with van der Waals surface area (Å²) in [7, 11) is 0. The van der Waals surface area contributed by atoms with Crippen LogP contribution in [0.25, 0.3) is 0 Å². The molecule has 0 bridgehead atoms. The number of hydrogen-bond acceptors (Lipinski definition) is 9. The zero-order valence-electron chi connectivity index (χ0n) is 19.5. The lowest BCUT2D eigenvalue weighted by Gasteiger charge is -2.50. The third kappa shape index (κ3) is 2.49. The summed E-state index contributed by atoms with van der Waals surface area (Å²) in [4.78, 5) is 25.1. The van der Waals surface area contributed by atoms with E-state index in [4.69, 9.17) is 14.2 Å². The summed E-state index contributed by atoms with van der Waals surface area (Å²) in [5.41, 5.74) is -3.88. The standard InChI is InChI=1S/C24H32O9/c1-9(2)18(26)31-17-10(3)7-22-20(28)21(6,29)16-14-12(5)19(27)32-23(14,30)8-13(25)11(4)15(16)24(17,22)33-22/h9-10,13,15-17,20,25,28-30H,4,7-8H2,1-3,5-6H3/t10-,13+,15-,16-,17-,20+,21-,22+,23+,24+/m1/s1. The lowest BCUT2D eigenvalue weighted by atomic mass is 9.55. The average Bonchev–Trinajstić information content (AvgIpc) is 3.25. The molecule has 4 fully saturated rings. The van der Waals surface area contributed by atoms with Gasteiger partial charge in [-0.05, 0) is 31.8 Å². The molecule has 9 nitrogen and oxygen atoms in total. The van der Waals surface area contributed by atoms with Gasteiger partial charge in [0.1, 0.15) is 23.4 Å². The summed E-state index contributed by atoms with van der Waals surface area (Å²) in [5, 5.41) is 45.6. The first-order valence-corrected chi connectivity index (χ1v) is 11.5. The fourth-order valence-corrected chi connectivity index (χ4v) is 7.23. The molecule has 1 saturated heterocycles. The summed E-state index contributed by atoms with van der Waals surface area (Å²) >= 11 is 0. The number of carbonyl (C=O) groups is 2.